The molecule has 5 nitrogen and oxygen atoms in total. The van der Waals surface area contributed by atoms with Gasteiger partial charge in [0, 0.05) is 0 Å². The van der Waals surface area contributed by atoms with Crippen molar-refractivity contribution in [1.29, 1.82) is 0 Å². The smallest absolute Gasteiger partial charge is 0.273 e. The molecule has 136 valence electrons. The van der Waals surface area contributed by atoms with Crippen LogP contribution in [0.25, 0.3) is 0 Å². The number of hydrogen-bond acceptors (Lipinski definition) is 3. The Balaban J connectivity index is 1.65. The van der Waals surface area contributed by atoms with Crippen LogP contribution in [0.4, 0.5) is 0 Å². The van der Waals surface area contributed by atoms with Crippen molar-refractivity contribution in [2.24, 2.45) is 0 Å². The zero-order chi connectivity index (χ0) is 19.1. The van der Waals surface area contributed by atoms with Crippen LogP contribution in [0.1, 0.15) is 26.3 Å². The average molecular weight is 381 g/mol. The summed E-state index contributed by atoms with van der Waals surface area (Å²) < 4.78 is 5.76. The van der Waals surface area contributed by atoms with Gasteiger partial charge in [-0.05, 0) is 29.8 Å². The van der Waals surface area contributed by atoms with Crippen molar-refractivity contribution in [2.45, 2.75) is 6.61 Å². The summed E-state index contributed by atoms with van der Waals surface area (Å²) in [6.07, 6.45) is 0. The second kappa shape index (κ2) is 8.87. The molecule has 0 aromatic heterocycles. The number of nitrogens with one attached hydrogen (secondary N) is 2. The van der Waals surface area contributed by atoms with Crippen molar-refractivity contribution in [3.8, 4) is 5.75 Å². The fraction of sp³-hybridized carbons (Fsp3) is 0.0476. The second-order valence-electron chi connectivity index (χ2n) is 5.66. The highest BCUT2D eigenvalue weighted by Crippen LogP contribution is 2.19. The molecule has 6 heteroatoms. The second-order valence-corrected chi connectivity index (χ2v) is 6.07. The van der Waals surface area contributed by atoms with Gasteiger partial charge in [-0.2, -0.15) is 0 Å². The highest BCUT2D eigenvalue weighted by molar-refractivity contribution is 6.33. The lowest BCUT2D eigenvalue weighted by Gasteiger charge is -2.12. The molecule has 3 aromatic carbocycles. The van der Waals surface area contributed by atoms with E-state index in [1.807, 2.05) is 30.3 Å². The molecule has 3 rings (SSSR count). The molecule has 0 atom stereocenters. The molecule has 0 saturated heterocycles. The van der Waals surface area contributed by atoms with Crippen LogP contribution >= 0.6 is 11.6 Å². The molecule has 27 heavy (non-hydrogen) atoms. The van der Waals surface area contributed by atoms with Crippen LogP contribution in [0.2, 0.25) is 5.02 Å². The van der Waals surface area contributed by atoms with E-state index in [2.05, 4.69) is 10.9 Å². The van der Waals surface area contributed by atoms with Crippen molar-refractivity contribution >= 4 is 23.4 Å². The van der Waals surface area contributed by atoms with E-state index in [-0.39, 0.29) is 5.56 Å². The number of ether oxygens (including phenoxy) is 1. The summed E-state index contributed by atoms with van der Waals surface area (Å²) in [7, 11) is 0. The summed E-state index contributed by atoms with van der Waals surface area (Å²) in [4.78, 5) is 24.6. The van der Waals surface area contributed by atoms with Crippen molar-refractivity contribution < 1.29 is 14.3 Å². The predicted molar refractivity (Wildman–Crippen MR) is 104 cm³/mol. The third-order valence-corrected chi connectivity index (χ3v) is 4.11. The first-order valence-corrected chi connectivity index (χ1v) is 8.64. The van der Waals surface area contributed by atoms with Gasteiger partial charge in [-0.25, -0.2) is 0 Å². The molecule has 0 aliphatic carbocycles. The number of hydrazine groups is 1. The maximum atomic E-state index is 12.5. The Hall–Kier alpha value is -3.31. The molecule has 0 fully saturated rings. The zero-order valence-electron chi connectivity index (χ0n) is 14.3. The van der Waals surface area contributed by atoms with E-state index in [9.17, 15) is 9.59 Å². The van der Waals surface area contributed by atoms with Gasteiger partial charge in [0.15, 0.2) is 0 Å². The summed E-state index contributed by atoms with van der Waals surface area (Å²) in [6.45, 7) is 0.330. The topological polar surface area (TPSA) is 67.4 Å². The number of halogens is 1. The van der Waals surface area contributed by atoms with E-state index in [1.165, 1.54) is 0 Å². The summed E-state index contributed by atoms with van der Waals surface area (Å²) >= 11 is 5.98. The third kappa shape index (κ3) is 4.86. The van der Waals surface area contributed by atoms with Crippen LogP contribution in [0.5, 0.6) is 5.75 Å². The highest BCUT2D eigenvalue weighted by atomic mass is 35.5. The van der Waals surface area contributed by atoms with Crippen LogP contribution in [-0.4, -0.2) is 11.8 Å². The molecule has 0 bridgehead atoms. The first kappa shape index (κ1) is 18.5. The lowest BCUT2D eigenvalue weighted by molar-refractivity contribution is 0.0844. The fourth-order valence-corrected chi connectivity index (χ4v) is 2.63. The minimum atomic E-state index is -0.503. The van der Waals surface area contributed by atoms with Crippen LogP contribution in [0.15, 0.2) is 78.9 Å². The maximum Gasteiger partial charge on any atom is 0.273 e. The normalized spacial score (nSPS) is 10.1. The minimum Gasteiger partial charge on any atom is -0.488 e. The molecule has 2 amide bonds. The quantitative estimate of drug-likeness (QED) is 0.657. The van der Waals surface area contributed by atoms with Gasteiger partial charge in [0.05, 0.1) is 16.1 Å². The third-order valence-electron chi connectivity index (χ3n) is 3.78. The molecule has 0 spiro atoms. The van der Waals surface area contributed by atoms with E-state index in [1.54, 1.807) is 48.5 Å². The Morgan fingerprint density at radius 2 is 1.30 bits per heavy atom. The maximum absolute atomic E-state index is 12.5. The molecule has 0 aliphatic heterocycles. The van der Waals surface area contributed by atoms with E-state index in [0.717, 1.165) is 5.56 Å². The number of rotatable bonds is 5. The monoisotopic (exact) mass is 380 g/mol. The minimum absolute atomic E-state index is 0.271. The molecule has 2 N–H and O–H groups in total. The van der Waals surface area contributed by atoms with Gasteiger partial charge in [0.1, 0.15) is 12.4 Å². The van der Waals surface area contributed by atoms with Crippen LogP contribution in [0.3, 0.4) is 0 Å². The van der Waals surface area contributed by atoms with Gasteiger partial charge in [-0.3, -0.25) is 20.4 Å². The Morgan fingerprint density at radius 3 is 2.00 bits per heavy atom. The SMILES string of the molecule is O=C(NNC(=O)c1ccccc1OCc1ccccc1)c1ccccc1Cl. The largest absolute Gasteiger partial charge is 0.488 e. The molecule has 0 heterocycles. The molecular weight excluding hydrogens is 364 g/mol. The Kier molecular flexibility index (Phi) is 6.07. The molecule has 0 radical (unpaired) electrons. The molecular formula is C21H17ClN2O3. The van der Waals surface area contributed by atoms with Gasteiger partial charge in [0.2, 0.25) is 0 Å². The number of carbonyl (C=O) groups excluding carboxylic acids is 2. The van der Waals surface area contributed by atoms with Crippen molar-refractivity contribution in [1.82, 2.24) is 10.9 Å². The lowest BCUT2D eigenvalue weighted by Crippen LogP contribution is -2.41. The Labute approximate surface area is 161 Å². The van der Waals surface area contributed by atoms with E-state index in [4.69, 9.17) is 16.3 Å². The van der Waals surface area contributed by atoms with Gasteiger partial charge >= 0.3 is 0 Å². The summed E-state index contributed by atoms with van der Waals surface area (Å²) in [5.41, 5.74) is 6.32. The van der Waals surface area contributed by atoms with Crippen LogP contribution < -0.4 is 15.6 Å². The predicted octanol–water partition coefficient (Wildman–Crippen LogP) is 3.99. The Bertz CT molecular complexity index is 945. The van der Waals surface area contributed by atoms with E-state index < -0.39 is 11.8 Å². The molecule has 0 unspecified atom stereocenters. The number of carbonyl (C=O) groups is 2. The fourth-order valence-electron chi connectivity index (χ4n) is 2.41. The molecule has 0 aliphatic rings. The van der Waals surface area contributed by atoms with E-state index >= 15 is 0 Å². The summed E-state index contributed by atoms with van der Waals surface area (Å²) in [5, 5.41) is 0.302. The summed E-state index contributed by atoms with van der Waals surface area (Å²) in [6, 6.07) is 23.0. The first-order chi connectivity index (χ1) is 13.1. The van der Waals surface area contributed by atoms with Crippen molar-refractivity contribution in [2.75, 3.05) is 0 Å². The number of hydrogen-bond donors (Lipinski definition) is 2. The average Bonchev–Trinajstić information content (AvgIpc) is 2.71. The number of benzene rings is 3. The zero-order valence-corrected chi connectivity index (χ0v) is 15.1. The molecule has 3 aromatic rings. The molecule has 0 saturated carbocycles. The van der Waals surface area contributed by atoms with Gasteiger partial charge < -0.3 is 4.74 Å². The summed E-state index contributed by atoms with van der Waals surface area (Å²) in [5.74, 6) is -0.568. The highest BCUT2D eigenvalue weighted by Gasteiger charge is 2.15. The van der Waals surface area contributed by atoms with Crippen molar-refractivity contribution in [3.05, 3.63) is 101 Å². The standard InChI is InChI=1S/C21H17ClN2O3/c22-18-12-6-4-10-16(18)20(25)23-24-21(26)17-11-5-7-13-19(17)27-14-15-8-2-1-3-9-15/h1-13H,14H2,(H,23,25)(H,24,26). The van der Waals surface area contributed by atoms with Gasteiger partial charge in [-0.1, -0.05) is 66.2 Å². The number of amides is 2. The van der Waals surface area contributed by atoms with Crippen LogP contribution in [0, 0.1) is 0 Å². The van der Waals surface area contributed by atoms with Crippen LogP contribution in [-0.2, 0) is 6.61 Å². The van der Waals surface area contributed by atoms with E-state index in [0.29, 0.717) is 22.9 Å². The number of para-hydroxylation sites is 1. The van der Waals surface area contributed by atoms with Crippen molar-refractivity contribution in [3.63, 3.8) is 0 Å². The van der Waals surface area contributed by atoms with Gasteiger partial charge in [-0.15, -0.1) is 0 Å². The lowest BCUT2D eigenvalue weighted by atomic mass is 10.2. The Morgan fingerprint density at radius 1 is 0.741 bits per heavy atom. The first-order valence-electron chi connectivity index (χ1n) is 8.26. The van der Waals surface area contributed by atoms with Gasteiger partial charge in [0.25, 0.3) is 11.8 Å².